The van der Waals surface area contributed by atoms with Crippen LogP contribution in [0.4, 0.5) is 0 Å². The quantitative estimate of drug-likeness (QED) is 0.452. The molecular formula is C34H51ClN4O3. The average molecular weight is 599 g/mol. The van der Waals surface area contributed by atoms with Gasteiger partial charge in [-0.3, -0.25) is 14.4 Å². The molecular weight excluding hydrogens is 548 g/mol. The van der Waals surface area contributed by atoms with Crippen LogP contribution in [0.2, 0.25) is 5.02 Å². The predicted octanol–water partition coefficient (Wildman–Crippen LogP) is 5.20. The number of hydrogen-bond acceptors (Lipinski definition) is 4. The first-order valence-corrected chi connectivity index (χ1v) is 16.7. The zero-order valence-corrected chi connectivity index (χ0v) is 26.8. The van der Waals surface area contributed by atoms with E-state index in [2.05, 4.69) is 22.6 Å². The number of fused-ring (bicyclic) bond motifs is 3. The lowest BCUT2D eigenvalue weighted by Crippen LogP contribution is -2.60. The highest BCUT2D eigenvalue weighted by atomic mass is 35.5. The summed E-state index contributed by atoms with van der Waals surface area (Å²) in [7, 11) is 2.12. The van der Waals surface area contributed by atoms with Crippen LogP contribution in [0.3, 0.4) is 0 Å². The van der Waals surface area contributed by atoms with Crippen molar-refractivity contribution in [1.29, 1.82) is 0 Å². The van der Waals surface area contributed by atoms with E-state index in [0.29, 0.717) is 49.2 Å². The van der Waals surface area contributed by atoms with E-state index in [1.807, 2.05) is 49.9 Å². The van der Waals surface area contributed by atoms with Crippen molar-refractivity contribution in [2.45, 2.75) is 109 Å². The van der Waals surface area contributed by atoms with E-state index in [1.165, 1.54) is 25.7 Å². The summed E-state index contributed by atoms with van der Waals surface area (Å²) < 4.78 is 0. The monoisotopic (exact) mass is 598 g/mol. The Bertz CT molecular complexity index is 1120. The van der Waals surface area contributed by atoms with Crippen LogP contribution >= 0.6 is 11.6 Å². The van der Waals surface area contributed by atoms with Crippen LogP contribution < -0.4 is 10.6 Å². The van der Waals surface area contributed by atoms with E-state index >= 15 is 0 Å². The molecule has 5 aliphatic rings. The van der Waals surface area contributed by atoms with Gasteiger partial charge in [-0.15, -0.1) is 0 Å². The molecule has 8 heteroatoms. The van der Waals surface area contributed by atoms with E-state index < -0.39 is 11.5 Å². The summed E-state index contributed by atoms with van der Waals surface area (Å²) in [6.45, 7) is 8.25. The van der Waals surface area contributed by atoms with Gasteiger partial charge in [0.1, 0.15) is 6.04 Å². The van der Waals surface area contributed by atoms with Gasteiger partial charge in [-0.05, 0) is 102 Å². The van der Waals surface area contributed by atoms with Gasteiger partial charge in [0, 0.05) is 42.7 Å². The molecule has 3 heterocycles. The fourth-order valence-electron chi connectivity index (χ4n) is 8.38. The molecule has 3 amide bonds. The Morgan fingerprint density at radius 2 is 1.67 bits per heavy atom. The van der Waals surface area contributed by atoms with Crippen molar-refractivity contribution < 1.29 is 14.4 Å². The molecule has 3 aliphatic heterocycles. The van der Waals surface area contributed by atoms with Crippen LogP contribution in [-0.2, 0) is 20.8 Å². The Morgan fingerprint density at radius 3 is 2.26 bits per heavy atom. The van der Waals surface area contributed by atoms with Crippen molar-refractivity contribution in [3.05, 3.63) is 34.9 Å². The fourth-order valence-corrected chi connectivity index (χ4v) is 8.51. The highest BCUT2D eigenvalue weighted by molar-refractivity contribution is 6.30. The molecule has 2 aliphatic carbocycles. The van der Waals surface area contributed by atoms with E-state index in [9.17, 15) is 14.4 Å². The molecule has 1 aromatic rings. The number of carbonyl (C=O) groups excluding carboxylic acids is 3. The zero-order chi connectivity index (χ0) is 30.1. The number of carbonyl (C=O) groups is 3. The van der Waals surface area contributed by atoms with Crippen LogP contribution in [0.1, 0.15) is 90.5 Å². The molecule has 4 atom stereocenters. The number of likely N-dealkylation sites (tertiary alicyclic amines) is 1. The second-order valence-electron chi connectivity index (χ2n) is 14.7. The number of rotatable bonds is 7. The molecule has 7 nitrogen and oxygen atoms in total. The third-order valence-electron chi connectivity index (χ3n) is 10.6. The van der Waals surface area contributed by atoms with Gasteiger partial charge in [0.05, 0.1) is 11.3 Å². The maximum absolute atomic E-state index is 14.2. The first kappa shape index (κ1) is 31.3. The van der Waals surface area contributed by atoms with Crippen molar-refractivity contribution in [3.63, 3.8) is 0 Å². The molecule has 0 spiro atoms. The Kier molecular flexibility index (Phi) is 9.58. The number of nitrogens with one attached hydrogen (secondary N) is 2. The van der Waals surface area contributed by atoms with E-state index in [4.69, 9.17) is 11.6 Å². The normalized spacial score (nSPS) is 27.4. The van der Waals surface area contributed by atoms with Gasteiger partial charge >= 0.3 is 0 Å². The summed E-state index contributed by atoms with van der Waals surface area (Å²) in [6.07, 6.45) is 10.6. The largest absolute Gasteiger partial charge is 0.351 e. The highest BCUT2D eigenvalue weighted by Crippen LogP contribution is 2.46. The number of amides is 3. The summed E-state index contributed by atoms with van der Waals surface area (Å²) in [5.74, 6) is 0.938. The Morgan fingerprint density at radius 1 is 1.00 bits per heavy atom. The van der Waals surface area contributed by atoms with Crippen molar-refractivity contribution in [2.75, 3.05) is 26.7 Å². The summed E-state index contributed by atoms with van der Waals surface area (Å²) in [4.78, 5) is 46.0. The predicted molar refractivity (Wildman–Crippen MR) is 167 cm³/mol. The summed E-state index contributed by atoms with van der Waals surface area (Å²) in [6, 6.07) is 7.15. The van der Waals surface area contributed by atoms with Gasteiger partial charge in [-0.2, -0.15) is 0 Å². The van der Waals surface area contributed by atoms with Crippen molar-refractivity contribution in [3.8, 4) is 0 Å². The molecule has 6 rings (SSSR count). The lowest BCUT2D eigenvalue weighted by Gasteiger charge is -2.48. The molecule has 3 saturated heterocycles. The van der Waals surface area contributed by atoms with E-state index in [1.54, 1.807) is 0 Å². The summed E-state index contributed by atoms with van der Waals surface area (Å²) >= 11 is 6.14. The van der Waals surface area contributed by atoms with Gasteiger partial charge in [-0.25, -0.2) is 0 Å². The number of halogens is 1. The molecule has 232 valence electrons. The Hall–Kier alpha value is -2.12. The molecule has 0 aromatic heterocycles. The van der Waals surface area contributed by atoms with Crippen LogP contribution in [-0.4, -0.2) is 71.8 Å². The fraction of sp³-hybridized carbons (Fsp3) is 0.735. The first-order valence-electron chi connectivity index (χ1n) is 16.3. The van der Waals surface area contributed by atoms with Crippen molar-refractivity contribution in [1.82, 2.24) is 20.4 Å². The van der Waals surface area contributed by atoms with Crippen LogP contribution in [0.5, 0.6) is 0 Å². The molecule has 2 N–H and O–H groups in total. The van der Waals surface area contributed by atoms with E-state index in [-0.39, 0.29) is 35.2 Å². The summed E-state index contributed by atoms with van der Waals surface area (Å²) in [5.41, 5.74) is 0.232. The standard InChI is InChI=1S/C34H51ClN4O3/c1-33(2,3)37-32(42)34(25-8-6-5-7-9-25)16-18-39(19-17-34)31(41)28(21-23-10-13-26(35)14-11-23)36-30(40)27-20-24-12-15-29(27)38(4)22-24/h10-11,13-14,24-25,27-29H,5-9,12,15-22H2,1-4H3,(H,36,40)(H,37,42)/t24-,27-,28-,29+/m1/s1. The Labute approximate surface area is 257 Å². The van der Waals surface area contributed by atoms with Crippen LogP contribution in [0, 0.1) is 23.2 Å². The topological polar surface area (TPSA) is 81.8 Å². The maximum Gasteiger partial charge on any atom is 0.245 e. The van der Waals surface area contributed by atoms with Crippen molar-refractivity contribution >= 4 is 29.3 Å². The minimum atomic E-state index is -0.644. The molecule has 5 fully saturated rings. The molecule has 2 bridgehead atoms. The smallest absolute Gasteiger partial charge is 0.245 e. The van der Waals surface area contributed by atoms with E-state index in [0.717, 1.165) is 37.8 Å². The number of hydrogen-bond donors (Lipinski definition) is 2. The second kappa shape index (κ2) is 12.9. The molecule has 42 heavy (non-hydrogen) atoms. The third kappa shape index (κ3) is 6.99. The minimum Gasteiger partial charge on any atom is -0.351 e. The molecule has 1 aromatic carbocycles. The number of benzene rings is 1. The lowest BCUT2D eigenvalue weighted by molar-refractivity contribution is -0.148. The minimum absolute atomic E-state index is 0.00156. The van der Waals surface area contributed by atoms with Gasteiger partial charge in [-0.1, -0.05) is 43.0 Å². The van der Waals surface area contributed by atoms with Crippen LogP contribution in [0.25, 0.3) is 0 Å². The molecule has 0 unspecified atom stereocenters. The molecule has 2 saturated carbocycles. The van der Waals surface area contributed by atoms with Crippen LogP contribution in [0.15, 0.2) is 24.3 Å². The van der Waals surface area contributed by atoms with Gasteiger partial charge < -0.3 is 20.4 Å². The maximum atomic E-state index is 14.2. The second-order valence-corrected chi connectivity index (χ2v) is 15.1. The van der Waals surface area contributed by atoms with Gasteiger partial charge in [0.25, 0.3) is 0 Å². The number of piperidine rings is 3. The highest BCUT2D eigenvalue weighted by Gasteiger charge is 2.49. The summed E-state index contributed by atoms with van der Waals surface area (Å²) in [5, 5.41) is 7.17. The average Bonchev–Trinajstić information content (AvgIpc) is 2.97. The Balaban J connectivity index is 1.32. The number of nitrogens with zero attached hydrogens (tertiary/aromatic N) is 2. The SMILES string of the molecule is CN1C[C@@H]2CC[C@H]1[C@H](C(=O)N[C@H](Cc1ccc(Cl)cc1)C(=O)N1CCC(C(=O)NC(C)(C)C)(C3CCCCC3)CC1)C2. The molecule has 0 radical (unpaired) electrons. The third-order valence-corrected chi connectivity index (χ3v) is 10.9. The van der Waals surface area contributed by atoms with Gasteiger partial charge in [0.15, 0.2) is 0 Å². The lowest BCUT2D eigenvalue weighted by atomic mass is 9.63. The van der Waals surface area contributed by atoms with Gasteiger partial charge in [0.2, 0.25) is 17.7 Å². The first-order chi connectivity index (χ1) is 19.9. The zero-order valence-electron chi connectivity index (χ0n) is 26.1. The van der Waals surface area contributed by atoms with Crippen molar-refractivity contribution in [2.24, 2.45) is 23.2 Å².